The Hall–Kier alpha value is -2.75. The van der Waals surface area contributed by atoms with Crippen LogP contribution in [0, 0.1) is 0 Å². The van der Waals surface area contributed by atoms with Gasteiger partial charge in [0, 0.05) is 0 Å². The molecule has 1 aliphatic rings. The van der Waals surface area contributed by atoms with Crippen molar-refractivity contribution in [1.82, 2.24) is 3.26 Å². The third-order valence-electron chi connectivity index (χ3n) is 8.45. The van der Waals surface area contributed by atoms with Gasteiger partial charge in [0.25, 0.3) is 0 Å². The molecule has 6 heteroatoms. The molecule has 0 aromatic heterocycles. The third kappa shape index (κ3) is 5.28. The summed E-state index contributed by atoms with van der Waals surface area (Å²) in [6.45, 7) is 6.45. The number of nitrogens with one attached hydrogen (secondary N) is 1. The van der Waals surface area contributed by atoms with Gasteiger partial charge in [0.05, 0.1) is 0 Å². The van der Waals surface area contributed by atoms with Crippen molar-refractivity contribution in [3.8, 4) is 11.1 Å². The van der Waals surface area contributed by atoms with Gasteiger partial charge in [-0.1, -0.05) is 0 Å². The number of carbonyl (C=O) groups excluding carboxylic acids is 1. The first kappa shape index (κ1) is 29.3. The standard InChI is InChI=1S/C13H9.C12H11Si.C11H15NO.2ClH.Zr/c1-3-7-12-10(5-1)9-11-6-2-4-8-13(11)12;1-3-7-11(8-4-1)13-12-9-5-2-6-10-12;1-11(2,3)9-6-4-5-8(7-9)10(12)13;;;/h1-5,7-8H,9H2;1-10,13H;4-7H,1-3H3,(H2,12,13);2*1H;/q;;;;;+3/p-3. The van der Waals surface area contributed by atoms with Crippen LogP contribution in [0.15, 0.2) is 127 Å². The zero-order chi connectivity index (χ0) is 29.6. The molecule has 0 aliphatic heterocycles. The van der Waals surface area contributed by atoms with Crippen LogP contribution in [0.1, 0.15) is 47.8 Å². The van der Waals surface area contributed by atoms with E-state index >= 15 is 0 Å². The first-order chi connectivity index (χ1) is 20.1. The number of benzene rings is 5. The molecule has 1 amide bonds. The van der Waals surface area contributed by atoms with Crippen molar-refractivity contribution in [3.05, 3.63) is 150 Å². The van der Waals surface area contributed by atoms with Crippen molar-refractivity contribution in [2.45, 2.75) is 32.6 Å². The summed E-state index contributed by atoms with van der Waals surface area (Å²) < 4.78 is 4.44. The number of hydrogen-bond acceptors (Lipinski definition) is 1. The fourth-order valence-electron chi connectivity index (χ4n) is 6.36. The minimum atomic E-state index is -5.56. The van der Waals surface area contributed by atoms with Crippen molar-refractivity contribution in [1.29, 1.82) is 0 Å². The number of amides is 1. The van der Waals surface area contributed by atoms with Crippen LogP contribution < -0.4 is 16.9 Å². The molecular formula is C36H34Cl2NOSiZr. The van der Waals surface area contributed by atoms with E-state index in [-0.39, 0.29) is 11.3 Å². The minimum absolute atomic E-state index is 0.104. The Labute approximate surface area is 257 Å². The van der Waals surface area contributed by atoms with E-state index < -0.39 is 21.8 Å². The molecule has 5 aromatic rings. The molecule has 6 rings (SSSR count). The second-order valence-corrected chi connectivity index (χ2v) is 47.6. The zero-order valence-electron chi connectivity index (χ0n) is 24.1. The molecule has 0 heterocycles. The van der Waals surface area contributed by atoms with E-state index in [2.05, 4.69) is 96.8 Å². The van der Waals surface area contributed by atoms with E-state index in [0.29, 0.717) is 5.56 Å². The van der Waals surface area contributed by atoms with Crippen molar-refractivity contribution in [3.63, 3.8) is 0 Å². The number of fused-ring (bicyclic) bond motifs is 3. The van der Waals surface area contributed by atoms with Crippen molar-refractivity contribution < 1.29 is 20.6 Å². The summed E-state index contributed by atoms with van der Waals surface area (Å²) in [5, 5.41) is 2.24. The molecule has 42 heavy (non-hydrogen) atoms. The molecule has 5 aromatic carbocycles. The summed E-state index contributed by atoms with van der Waals surface area (Å²) in [6.07, 6.45) is 0.741. The van der Waals surface area contributed by atoms with E-state index in [1.165, 1.54) is 11.1 Å². The molecular weight excluding hydrogens is 653 g/mol. The second kappa shape index (κ2) is 11.1. The van der Waals surface area contributed by atoms with Gasteiger partial charge >= 0.3 is 260 Å². The summed E-state index contributed by atoms with van der Waals surface area (Å²) in [4.78, 5) is 14.4. The van der Waals surface area contributed by atoms with Gasteiger partial charge in [-0.2, -0.15) is 0 Å². The Bertz CT molecular complexity index is 1740. The van der Waals surface area contributed by atoms with Crippen LogP contribution in [0.4, 0.5) is 0 Å². The maximum absolute atomic E-state index is 14.4. The average molecular weight is 687 g/mol. The number of hydrogen-bond donors (Lipinski definition) is 1. The topological polar surface area (TPSA) is 29.1 Å². The monoisotopic (exact) mass is 684 g/mol. The summed E-state index contributed by atoms with van der Waals surface area (Å²) in [7, 11) is 16.5. The van der Waals surface area contributed by atoms with E-state index in [9.17, 15) is 4.79 Å². The summed E-state index contributed by atoms with van der Waals surface area (Å²) in [5.74, 6) is -2.68. The fraction of sp³-hybridized carbons (Fsp3) is 0.139. The van der Waals surface area contributed by atoms with E-state index in [0.717, 1.165) is 36.8 Å². The van der Waals surface area contributed by atoms with Crippen LogP contribution in [0.5, 0.6) is 0 Å². The molecule has 0 spiro atoms. The molecule has 0 bridgehead atoms. The van der Waals surface area contributed by atoms with E-state index in [4.69, 9.17) is 17.0 Å². The molecule has 0 fully saturated rings. The maximum atomic E-state index is 14.4. The van der Waals surface area contributed by atoms with Gasteiger partial charge < -0.3 is 0 Å². The van der Waals surface area contributed by atoms with Crippen LogP contribution in [0.3, 0.4) is 0 Å². The van der Waals surface area contributed by atoms with Crippen LogP contribution in [-0.2, 0) is 27.7 Å². The summed E-state index contributed by atoms with van der Waals surface area (Å²) in [5.41, 5.74) is 6.33. The van der Waals surface area contributed by atoms with Gasteiger partial charge in [-0.25, -0.2) is 0 Å². The Morgan fingerprint density at radius 1 is 0.714 bits per heavy atom. The Morgan fingerprint density at radius 2 is 1.29 bits per heavy atom. The van der Waals surface area contributed by atoms with Gasteiger partial charge in [-0.3, -0.25) is 0 Å². The third-order valence-corrected chi connectivity index (χ3v) is 43.2. The summed E-state index contributed by atoms with van der Waals surface area (Å²) in [6, 6.07) is 43.4. The quantitative estimate of drug-likeness (QED) is 0.187. The molecule has 211 valence electrons. The average Bonchev–Trinajstić information content (AvgIpc) is 3.37. The second-order valence-electron chi connectivity index (χ2n) is 12.3. The van der Waals surface area contributed by atoms with Gasteiger partial charge in [-0.05, 0) is 0 Å². The molecule has 2 nitrogen and oxygen atoms in total. The van der Waals surface area contributed by atoms with Gasteiger partial charge in [0.2, 0.25) is 0 Å². The number of carbonyl (C=O) groups is 1. The van der Waals surface area contributed by atoms with Crippen molar-refractivity contribution in [2.75, 3.05) is 0 Å². The Morgan fingerprint density at radius 3 is 1.93 bits per heavy atom. The molecule has 1 N–H and O–H groups in total. The molecule has 0 unspecified atom stereocenters. The molecule has 1 aliphatic carbocycles. The molecule has 0 atom stereocenters. The Balaban J connectivity index is 1.60. The van der Waals surface area contributed by atoms with Crippen LogP contribution >= 0.6 is 17.0 Å². The number of halogens is 2. The first-order valence-corrected chi connectivity index (χ1v) is 29.1. The van der Waals surface area contributed by atoms with Crippen molar-refractivity contribution in [2.24, 2.45) is 0 Å². The fourth-order valence-corrected chi connectivity index (χ4v) is 43.4. The van der Waals surface area contributed by atoms with Crippen LogP contribution in [0.2, 0.25) is 0 Å². The van der Waals surface area contributed by atoms with Gasteiger partial charge in [-0.15, -0.1) is 0 Å². The summed E-state index contributed by atoms with van der Waals surface area (Å²) >= 11 is -5.56. The van der Waals surface area contributed by atoms with Crippen LogP contribution in [-0.4, -0.2) is 11.8 Å². The normalized spacial score (nSPS) is 13.6. The van der Waals surface area contributed by atoms with Crippen LogP contribution in [0.25, 0.3) is 11.1 Å². The van der Waals surface area contributed by atoms with Gasteiger partial charge in [0.15, 0.2) is 0 Å². The van der Waals surface area contributed by atoms with E-state index in [1.54, 1.807) is 0 Å². The SMILES string of the molecule is CC(C)(C)c1cccc(C(=O)[NH][Zr]([Cl])([Cl])([c]2cccc3c2Cc2ccccc2-3)[SiH](c2ccccc2)c2ccccc2)c1. The first-order valence-electron chi connectivity index (χ1n) is 14.4. The molecule has 0 radical (unpaired) electrons. The zero-order valence-corrected chi connectivity index (χ0v) is 29.2. The number of rotatable bonds is 6. The van der Waals surface area contributed by atoms with Crippen molar-refractivity contribution >= 4 is 42.5 Å². The predicted molar refractivity (Wildman–Crippen MR) is 178 cm³/mol. The van der Waals surface area contributed by atoms with E-state index in [1.807, 2.05) is 54.6 Å². The molecule has 0 saturated heterocycles. The Kier molecular flexibility index (Phi) is 7.73. The van der Waals surface area contributed by atoms with Gasteiger partial charge in [0.1, 0.15) is 0 Å². The predicted octanol–water partition coefficient (Wildman–Crippen LogP) is 7.06. The molecule has 0 saturated carbocycles.